The number of hydrogen-bond acceptors (Lipinski definition) is 2. The summed E-state index contributed by atoms with van der Waals surface area (Å²) in [7, 11) is 0. The van der Waals surface area contributed by atoms with Crippen molar-refractivity contribution in [1.82, 2.24) is 0 Å². The van der Waals surface area contributed by atoms with E-state index in [2.05, 4.69) is 28.1 Å². The lowest BCUT2D eigenvalue weighted by atomic mass is 9.83. The van der Waals surface area contributed by atoms with Crippen LogP contribution in [-0.4, -0.2) is 12.6 Å². The van der Waals surface area contributed by atoms with Gasteiger partial charge in [0.05, 0.1) is 12.5 Å². The molecule has 0 saturated heterocycles. The SMILES string of the molecule is CCOC(=O)C1CCc2cc(C3CCCCC3)c(Br)cc21. The van der Waals surface area contributed by atoms with Crippen LogP contribution in [0, 0.1) is 0 Å². The van der Waals surface area contributed by atoms with Gasteiger partial charge in [0.15, 0.2) is 0 Å². The van der Waals surface area contributed by atoms with Crippen molar-refractivity contribution >= 4 is 21.9 Å². The molecule has 0 radical (unpaired) electrons. The maximum Gasteiger partial charge on any atom is 0.313 e. The molecule has 1 fully saturated rings. The molecule has 2 aliphatic rings. The van der Waals surface area contributed by atoms with Crippen LogP contribution in [0.25, 0.3) is 0 Å². The number of fused-ring (bicyclic) bond motifs is 1. The van der Waals surface area contributed by atoms with Crippen LogP contribution in [0.1, 0.15) is 74.0 Å². The molecule has 0 bridgehead atoms. The maximum absolute atomic E-state index is 12.1. The second-order valence-electron chi connectivity index (χ2n) is 6.25. The third-order valence-corrected chi connectivity index (χ3v) is 5.64. The molecule has 1 unspecified atom stereocenters. The molecule has 0 heterocycles. The molecule has 114 valence electrons. The number of carbonyl (C=O) groups is 1. The van der Waals surface area contributed by atoms with Crippen molar-refractivity contribution in [1.29, 1.82) is 0 Å². The molecule has 2 nitrogen and oxygen atoms in total. The lowest BCUT2D eigenvalue weighted by Crippen LogP contribution is -2.13. The van der Waals surface area contributed by atoms with Crippen LogP contribution in [0.4, 0.5) is 0 Å². The molecule has 0 spiro atoms. The van der Waals surface area contributed by atoms with E-state index in [0.29, 0.717) is 12.5 Å². The van der Waals surface area contributed by atoms with Gasteiger partial charge >= 0.3 is 5.97 Å². The zero-order valence-corrected chi connectivity index (χ0v) is 14.2. The van der Waals surface area contributed by atoms with Gasteiger partial charge in [-0.05, 0) is 61.3 Å². The fraction of sp³-hybridized carbons (Fsp3) is 0.611. The molecule has 21 heavy (non-hydrogen) atoms. The van der Waals surface area contributed by atoms with Crippen molar-refractivity contribution in [2.24, 2.45) is 0 Å². The predicted molar refractivity (Wildman–Crippen MR) is 87.7 cm³/mol. The quantitative estimate of drug-likeness (QED) is 0.709. The van der Waals surface area contributed by atoms with Gasteiger partial charge in [0.25, 0.3) is 0 Å². The zero-order chi connectivity index (χ0) is 14.8. The van der Waals surface area contributed by atoms with Crippen molar-refractivity contribution < 1.29 is 9.53 Å². The van der Waals surface area contributed by atoms with E-state index in [0.717, 1.165) is 12.8 Å². The number of ether oxygens (including phenoxy) is 1. The molecule has 3 rings (SSSR count). The Morgan fingerprint density at radius 2 is 1.95 bits per heavy atom. The smallest absolute Gasteiger partial charge is 0.313 e. The van der Waals surface area contributed by atoms with Crippen LogP contribution >= 0.6 is 15.9 Å². The highest BCUT2D eigenvalue weighted by Gasteiger charge is 2.31. The van der Waals surface area contributed by atoms with Crippen LogP contribution in [0.2, 0.25) is 0 Å². The molecule has 0 aliphatic heterocycles. The summed E-state index contributed by atoms with van der Waals surface area (Å²) in [6.07, 6.45) is 8.58. The molecule has 1 aromatic rings. The van der Waals surface area contributed by atoms with Crippen LogP contribution in [0.15, 0.2) is 16.6 Å². The summed E-state index contributed by atoms with van der Waals surface area (Å²) in [6, 6.07) is 4.54. The van der Waals surface area contributed by atoms with Gasteiger partial charge in [0.1, 0.15) is 0 Å². The van der Waals surface area contributed by atoms with Gasteiger partial charge in [-0.2, -0.15) is 0 Å². The largest absolute Gasteiger partial charge is 0.466 e. The molecule has 1 atom stereocenters. The van der Waals surface area contributed by atoms with Crippen LogP contribution in [-0.2, 0) is 16.0 Å². The first-order valence-corrected chi connectivity index (χ1v) is 8.99. The second-order valence-corrected chi connectivity index (χ2v) is 7.11. The van der Waals surface area contributed by atoms with E-state index in [1.807, 2.05) is 6.92 Å². The third-order valence-electron chi connectivity index (χ3n) is 4.95. The Morgan fingerprint density at radius 1 is 1.19 bits per heavy atom. The van der Waals surface area contributed by atoms with Gasteiger partial charge < -0.3 is 4.74 Å². The summed E-state index contributed by atoms with van der Waals surface area (Å²) < 4.78 is 6.40. The molecule has 0 N–H and O–H groups in total. The standard InChI is InChI=1S/C18H23BrO2/c1-2-21-18(20)14-9-8-13-10-16(17(19)11-15(13)14)12-6-4-3-5-7-12/h10-12,14H,2-9H2,1H3. The molecule has 0 amide bonds. The summed E-state index contributed by atoms with van der Waals surface area (Å²) >= 11 is 3.75. The first-order chi connectivity index (χ1) is 10.2. The number of carbonyl (C=O) groups excluding carboxylic acids is 1. The highest BCUT2D eigenvalue weighted by Crippen LogP contribution is 2.42. The number of aryl methyl sites for hydroxylation is 1. The van der Waals surface area contributed by atoms with Gasteiger partial charge in [0, 0.05) is 4.47 Å². The Bertz CT molecular complexity index is 532. The first-order valence-electron chi connectivity index (χ1n) is 8.19. The Morgan fingerprint density at radius 3 is 2.67 bits per heavy atom. The van der Waals surface area contributed by atoms with E-state index in [4.69, 9.17) is 4.74 Å². The lowest BCUT2D eigenvalue weighted by molar-refractivity contribution is -0.144. The van der Waals surface area contributed by atoms with Crippen LogP contribution < -0.4 is 0 Å². The average Bonchev–Trinajstić information content (AvgIpc) is 2.90. The van der Waals surface area contributed by atoms with Crippen molar-refractivity contribution in [3.05, 3.63) is 33.3 Å². The number of benzene rings is 1. The number of halogens is 1. The van der Waals surface area contributed by atoms with Crippen molar-refractivity contribution in [3.63, 3.8) is 0 Å². The molecule has 0 aromatic heterocycles. The minimum absolute atomic E-state index is 0.0587. The Labute approximate surface area is 135 Å². The maximum atomic E-state index is 12.1. The number of esters is 1. The van der Waals surface area contributed by atoms with Crippen molar-refractivity contribution in [3.8, 4) is 0 Å². The van der Waals surface area contributed by atoms with E-state index >= 15 is 0 Å². The highest BCUT2D eigenvalue weighted by molar-refractivity contribution is 9.10. The Kier molecular flexibility index (Phi) is 4.68. The predicted octanol–water partition coefficient (Wildman–Crippen LogP) is 5.09. The molecule has 1 saturated carbocycles. The Hall–Kier alpha value is -0.830. The van der Waals surface area contributed by atoms with Crippen LogP contribution in [0.3, 0.4) is 0 Å². The van der Waals surface area contributed by atoms with Gasteiger partial charge in [-0.25, -0.2) is 0 Å². The summed E-state index contributed by atoms with van der Waals surface area (Å²) in [5.41, 5.74) is 4.00. The van der Waals surface area contributed by atoms with E-state index in [-0.39, 0.29) is 11.9 Å². The van der Waals surface area contributed by atoms with E-state index in [9.17, 15) is 4.79 Å². The first kappa shape index (κ1) is 15.1. The minimum atomic E-state index is -0.0615. The molecular weight excluding hydrogens is 328 g/mol. The topological polar surface area (TPSA) is 26.3 Å². The van der Waals surface area contributed by atoms with E-state index < -0.39 is 0 Å². The fourth-order valence-electron chi connectivity index (χ4n) is 3.86. The summed E-state index contributed by atoms with van der Waals surface area (Å²) in [5, 5.41) is 0. The van der Waals surface area contributed by atoms with E-state index in [1.165, 1.54) is 53.3 Å². The second kappa shape index (κ2) is 6.51. The summed E-state index contributed by atoms with van der Waals surface area (Å²) in [6.45, 7) is 2.34. The molecule has 2 aliphatic carbocycles. The van der Waals surface area contributed by atoms with Gasteiger partial charge in [-0.15, -0.1) is 0 Å². The minimum Gasteiger partial charge on any atom is -0.466 e. The molecule has 1 aromatic carbocycles. The molecular formula is C18H23BrO2. The summed E-state index contributed by atoms with van der Waals surface area (Å²) in [4.78, 5) is 12.1. The monoisotopic (exact) mass is 350 g/mol. The Balaban J connectivity index is 1.87. The van der Waals surface area contributed by atoms with Gasteiger partial charge in [0.2, 0.25) is 0 Å². The van der Waals surface area contributed by atoms with Crippen LogP contribution in [0.5, 0.6) is 0 Å². The summed E-state index contributed by atoms with van der Waals surface area (Å²) in [5.74, 6) is 0.574. The van der Waals surface area contributed by atoms with E-state index in [1.54, 1.807) is 0 Å². The van der Waals surface area contributed by atoms with Crippen molar-refractivity contribution in [2.45, 2.75) is 63.7 Å². The lowest BCUT2D eigenvalue weighted by Gasteiger charge is -2.24. The zero-order valence-electron chi connectivity index (χ0n) is 12.7. The number of hydrogen-bond donors (Lipinski definition) is 0. The van der Waals surface area contributed by atoms with Gasteiger partial charge in [-0.3, -0.25) is 4.79 Å². The average molecular weight is 351 g/mol. The third kappa shape index (κ3) is 3.03. The van der Waals surface area contributed by atoms with Crippen molar-refractivity contribution in [2.75, 3.05) is 6.61 Å². The van der Waals surface area contributed by atoms with Gasteiger partial charge in [-0.1, -0.05) is 41.3 Å². The molecule has 3 heteroatoms. The normalized spacial score (nSPS) is 22.1. The number of rotatable bonds is 3. The fourth-order valence-corrected chi connectivity index (χ4v) is 4.55. The highest BCUT2D eigenvalue weighted by atomic mass is 79.9.